The molecule has 0 aliphatic carbocycles. The average Bonchev–Trinajstić information content (AvgIpc) is 2.35. The summed E-state index contributed by atoms with van der Waals surface area (Å²) in [5.74, 6) is 0.638. The van der Waals surface area contributed by atoms with E-state index in [1.54, 1.807) is 4.90 Å². The van der Waals surface area contributed by atoms with Gasteiger partial charge in [-0.15, -0.1) is 11.6 Å². The van der Waals surface area contributed by atoms with Crippen molar-refractivity contribution in [3.63, 3.8) is 0 Å². The van der Waals surface area contributed by atoms with Crippen LogP contribution >= 0.6 is 11.6 Å². The van der Waals surface area contributed by atoms with Crippen LogP contribution in [0.4, 0.5) is 0 Å². The minimum atomic E-state index is -0.0345. The van der Waals surface area contributed by atoms with Crippen LogP contribution < -0.4 is 5.32 Å². The Balaban J connectivity index is 2.31. The van der Waals surface area contributed by atoms with Gasteiger partial charge in [-0.25, -0.2) is 0 Å². The number of nitrogens with zero attached hydrogens (tertiary/aromatic N) is 1. The first kappa shape index (κ1) is 14.3. The summed E-state index contributed by atoms with van der Waals surface area (Å²) >= 11 is 5.50. The van der Waals surface area contributed by atoms with Gasteiger partial charge in [-0.1, -0.05) is 13.8 Å². The Labute approximate surface area is 108 Å². The normalized spacial score (nSPS) is 17.3. The molecule has 0 saturated carbocycles. The van der Waals surface area contributed by atoms with Crippen LogP contribution in [0.5, 0.6) is 0 Å². The number of halogens is 1. The van der Waals surface area contributed by atoms with Gasteiger partial charge >= 0.3 is 0 Å². The fourth-order valence-corrected chi connectivity index (χ4v) is 2.09. The van der Waals surface area contributed by atoms with E-state index in [2.05, 4.69) is 19.2 Å². The van der Waals surface area contributed by atoms with Crippen LogP contribution in [0, 0.1) is 11.8 Å². The molecule has 0 aromatic heterocycles. The largest absolute Gasteiger partial charge is 0.356 e. The zero-order chi connectivity index (χ0) is 12.8. The number of hydrogen-bond donors (Lipinski definition) is 1. The molecule has 1 aliphatic rings. The van der Waals surface area contributed by atoms with Crippen LogP contribution in [0.25, 0.3) is 0 Å². The van der Waals surface area contributed by atoms with Crippen molar-refractivity contribution in [2.24, 2.45) is 11.8 Å². The Morgan fingerprint density at radius 2 is 1.94 bits per heavy atom. The van der Waals surface area contributed by atoms with Crippen molar-refractivity contribution >= 4 is 23.4 Å². The van der Waals surface area contributed by atoms with E-state index in [0.717, 1.165) is 19.4 Å². The number of nitrogens with one attached hydrogen (secondary N) is 1. The van der Waals surface area contributed by atoms with Crippen molar-refractivity contribution in [1.29, 1.82) is 0 Å². The van der Waals surface area contributed by atoms with E-state index < -0.39 is 0 Å². The van der Waals surface area contributed by atoms with Crippen molar-refractivity contribution in [1.82, 2.24) is 10.2 Å². The highest BCUT2D eigenvalue weighted by Gasteiger charge is 2.26. The molecule has 1 aliphatic heterocycles. The summed E-state index contributed by atoms with van der Waals surface area (Å²) in [6.07, 6.45) is 1.49. The van der Waals surface area contributed by atoms with E-state index in [-0.39, 0.29) is 23.6 Å². The second-order valence-electron chi connectivity index (χ2n) is 4.93. The highest BCUT2D eigenvalue weighted by molar-refractivity contribution is 6.27. The first-order valence-electron chi connectivity index (χ1n) is 6.16. The lowest BCUT2D eigenvalue weighted by atomic mass is 9.95. The molecule has 0 bridgehead atoms. The van der Waals surface area contributed by atoms with Crippen molar-refractivity contribution in [3.8, 4) is 0 Å². The third-order valence-electron chi connectivity index (χ3n) is 3.02. The predicted octanol–water partition coefficient (Wildman–Crippen LogP) is 1.24. The lowest BCUT2D eigenvalue weighted by molar-refractivity contribution is -0.133. The maximum Gasteiger partial charge on any atom is 0.237 e. The van der Waals surface area contributed by atoms with Gasteiger partial charge in [-0.3, -0.25) is 9.59 Å². The van der Waals surface area contributed by atoms with Crippen LogP contribution in [0.3, 0.4) is 0 Å². The van der Waals surface area contributed by atoms with E-state index >= 15 is 0 Å². The number of carbonyl (C=O) groups is 2. The molecule has 0 radical (unpaired) electrons. The van der Waals surface area contributed by atoms with E-state index in [4.69, 9.17) is 11.6 Å². The number of carbonyl (C=O) groups excluding carboxylic acids is 2. The molecule has 0 spiro atoms. The maximum atomic E-state index is 11.8. The molecule has 0 atom stereocenters. The highest BCUT2D eigenvalue weighted by Crippen LogP contribution is 2.17. The van der Waals surface area contributed by atoms with Crippen molar-refractivity contribution < 1.29 is 9.59 Å². The molecule has 98 valence electrons. The molecular formula is C12H21ClN2O2. The molecule has 1 N–H and O–H groups in total. The summed E-state index contributed by atoms with van der Waals surface area (Å²) in [7, 11) is 0. The number of rotatable bonds is 4. The van der Waals surface area contributed by atoms with Crippen LogP contribution in [-0.2, 0) is 9.59 Å². The molecule has 1 saturated heterocycles. The third kappa shape index (κ3) is 4.54. The van der Waals surface area contributed by atoms with Gasteiger partial charge in [0.1, 0.15) is 5.88 Å². The van der Waals surface area contributed by atoms with Gasteiger partial charge in [-0.05, 0) is 18.8 Å². The van der Waals surface area contributed by atoms with Crippen LogP contribution in [-0.4, -0.2) is 42.2 Å². The summed E-state index contributed by atoms with van der Waals surface area (Å²) < 4.78 is 0. The molecular weight excluding hydrogens is 240 g/mol. The van der Waals surface area contributed by atoms with Gasteiger partial charge in [0, 0.05) is 25.6 Å². The zero-order valence-electron chi connectivity index (χ0n) is 10.5. The Bertz CT molecular complexity index is 274. The summed E-state index contributed by atoms with van der Waals surface area (Å²) in [5.41, 5.74) is 0. The van der Waals surface area contributed by atoms with Crippen LogP contribution in [0.15, 0.2) is 0 Å². The second kappa shape index (κ2) is 6.84. The summed E-state index contributed by atoms with van der Waals surface area (Å²) in [6.45, 7) is 6.15. The fourth-order valence-electron chi connectivity index (χ4n) is 1.92. The molecule has 17 heavy (non-hydrogen) atoms. The second-order valence-corrected chi connectivity index (χ2v) is 5.19. The first-order valence-corrected chi connectivity index (χ1v) is 6.69. The molecule has 1 fully saturated rings. The monoisotopic (exact) mass is 260 g/mol. The van der Waals surface area contributed by atoms with Gasteiger partial charge in [0.2, 0.25) is 11.8 Å². The van der Waals surface area contributed by atoms with E-state index in [1.807, 2.05) is 0 Å². The molecule has 2 amide bonds. The Hall–Kier alpha value is -0.770. The summed E-state index contributed by atoms with van der Waals surface area (Å²) in [5, 5.41) is 2.94. The SMILES string of the molecule is CC(C)CNC(=O)C1CCN(C(=O)CCl)CC1. The molecule has 1 rings (SSSR count). The fraction of sp³-hybridized carbons (Fsp3) is 0.833. The smallest absolute Gasteiger partial charge is 0.237 e. The van der Waals surface area contributed by atoms with Gasteiger partial charge in [0.15, 0.2) is 0 Å². The Morgan fingerprint density at radius 3 is 2.41 bits per heavy atom. The van der Waals surface area contributed by atoms with E-state index in [1.165, 1.54) is 0 Å². The van der Waals surface area contributed by atoms with Gasteiger partial charge < -0.3 is 10.2 Å². The lowest BCUT2D eigenvalue weighted by Gasteiger charge is -2.31. The van der Waals surface area contributed by atoms with Crippen LogP contribution in [0.1, 0.15) is 26.7 Å². The number of hydrogen-bond acceptors (Lipinski definition) is 2. The quantitative estimate of drug-likeness (QED) is 0.773. The summed E-state index contributed by atoms with van der Waals surface area (Å²) in [4.78, 5) is 24.9. The van der Waals surface area contributed by atoms with Crippen molar-refractivity contribution in [3.05, 3.63) is 0 Å². The van der Waals surface area contributed by atoms with Crippen molar-refractivity contribution in [2.45, 2.75) is 26.7 Å². The first-order chi connectivity index (χ1) is 8.04. The van der Waals surface area contributed by atoms with Gasteiger partial charge in [-0.2, -0.15) is 0 Å². The number of piperidine rings is 1. The van der Waals surface area contributed by atoms with Gasteiger partial charge in [0.05, 0.1) is 0 Å². The zero-order valence-corrected chi connectivity index (χ0v) is 11.3. The molecule has 1 heterocycles. The molecule has 0 unspecified atom stereocenters. The number of likely N-dealkylation sites (tertiary alicyclic amines) is 1. The Kier molecular flexibility index (Phi) is 5.75. The third-order valence-corrected chi connectivity index (χ3v) is 3.25. The average molecular weight is 261 g/mol. The van der Waals surface area contributed by atoms with Gasteiger partial charge in [0.25, 0.3) is 0 Å². The molecule has 5 heteroatoms. The lowest BCUT2D eigenvalue weighted by Crippen LogP contribution is -2.44. The highest BCUT2D eigenvalue weighted by atomic mass is 35.5. The van der Waals surface area contributed by atoms with E-state index in [0.29, 0.717) is 19.0 Å². The molecule has 4 nitrogen and oxygen atoms in total. The number of alkyl halides is 1. The topological polar surface area (TPSA) is 49.4 Å². The van der Waals surface area contributed by atoms with Crippen LogP contribution in [0.2, 0.25) is 0 Å². The number of amides is 2. The van der Waals surface area contributed by atoms with E-state index in [9.17, 15) is 9.59 Å². The molecule has 0 aromatic carbocycles. The molecule has 0 aromatic rings. The standard InChI is InChI=1S/C12H21ClN2O2/c1-9(2)8-14-12(17)10-3-5-15(6-4-10)11(16)7-13/h9-10H,3-8H2,1-2H3,(H,14,17). The maximum absolute atomic E-state index is 11.8. The van der Waals surface area contributed by atoms with Crippen molar-refractivity contribution in [2.75, 3.05) is 25.5 Å². The minimum absolute atomic E-state index is 0.0320. The predicted molar refractivity (Wildman–Crippen MR) is 67.9 cm³/mol. The Morgan fingerprint density at radius 1 is 1.35 bits per heavy atom. The summed E-state index contributed by atoms with van der Waals surface area (Å²) in [6, 6.07) is 0. The minimum Gasteiger partial charge on any atom is -0.356 e.